The van der Waals surface area contributed by atoms with E-state index in [0.717, 1.165) is 16.7 Å². The Hall–Kier alpha value is -1.68. The molecule has 1 atom stereocenters. The van der Waals surface area contributed by atoms with Crippen molar-refractivity contribution in [1.82, 2.24) is 4.90 Å². The Morgan fingerprint density at radius 2 is 1.95 bits per heavy atom. The van der Waals surface area contributed by atoms with Crippen molar-refractivity contribution in [3.63, 3.8) is 0 Å². The largest absolute Gasteiger partial charge is 0.387 e. The Labute approximate surface area is 119 Å². The van der Waals surface area contributed by atoms with Crippen LogP contribution in [0.25, 0.3) is 0 Å². The molecule has 1 aliphatic heterocycles. The molecule has 1 aliphatic rings. The summed E-state index contributed by atoms with van der Waals surface area (Å²) in [5.74, 6) is -0.407. The first kappa shape index (κ1) is 14.7. The van der Waals surface area contributed by atoms with Gasteiger partial charge >= 0.3 is 0 Å². The Morgan fingerprint density at radius 1 is 1.30 bits per heavy atom. The summed E-state index contributed by atoms with van der Waals surface area (Å²) in [6.45, 7) is 7.46. The van der Waals surface area contributed by atoms with Gasteiger partial charge in [0.2, 0.25) is 11.8 Å². The number of imide groups is 1. The third kappa shape index (κ3) is 2.61. The number of aliphatic hydroxyl groups is 1. The lowest BCUT2D eigenvalue weighted by Gasteiger charge is -2.22. The van der Waals surface area contributed by atoms with Crippen molar-refractivity contribution in [3.8, 4) is 0 Å². The average Bonchev–Trinajstić information content (AvgIpc) is 2.51. The number of carbonyl (C=O) groups excluding carboxylic acids is 2. The molecular weight excluding hydrogens is 254 g/mol. The smallest absolute Gasteiger partial charge is 0.235 e. The fourth-order valence-corrected chi connectivity index (χ4v) is 2.68. The lowest BCUT2D eigenvalue weighted by molar-refractivity contribution is -0.142. The molecule has 20 heavy (non-hydrogen) atoms. The van der Waals surface area contributed by atoms with Crippen LogP contribution < -0.4 is 0 Å². The maximum absolute atomic E-state index is 12.1. The minimum Gasteiger partial charge on any atom is -0.387 e. The zero-order chi connectivity index (χ0) is 15.1. The van der Waals surface area contributed by atoms with Gasteiger partial charge in [-0.3, -0.25) is 14.5 Å². The van der Waals surface area contributed by atoms with Gasteiger partial charge in [-0.25, -0.2) is 0 Å². The molecule has 0 spiro atoms. The number of nitrogens with zero attached hydrogens (tertiary/aromatic N) is 1. The van der Waals surface area contributed by atoms with Gasteiger partial charge in [0.05, 0.1) is 18.1 Å². The zero-order valence-corrected chi connectivity index (χ0v) is 12.4. The molecule has 1 unspecified atom stereocenters. The highest BCUT2D eigenvalue weighted by Crippen LogP contribution is 2.33. The van der Waals surface area contributed by atoms with Crippen molar-refractivity contribution in [1.29, 1.82) is 0 Å². The van der Waals surface area contributed by atoms with Gasteiger partial charge in [0, 0.05) is 6.42 Å². The van der Waals surface area contributed by atoms with Crippen LogP contribution in [0.2, 0.25) is 0 Å². The maximum Gasteiger partial charge on any atom is 0.235 e. The standard InChI is InChI=1S/C16H21NO3/c1-10-5-6-12(11(2)7-10)13(18)9-17-14(19)8-16(3,4)15(17)20/h5-7,13,18H,8-9H2,1-4H3. The molecule has 0 aromatic heterocycles. The molecule has 1 saturated heterocycles. The predicted octanol–water partition coefficient (Wildman–Crippen LogP) is 2.12. The highest BCUT2D eigenvalue weighted by Gasteiger charge is 2.45. The van der Waals surface area contributed by atoms with E-state index in [4.69, 9.17) is 0 Å². The normalized spacial score (nSPS) is 19.6. The molecule has 4 nitrogen and oxygen atoms in total. The van der Waals surface area contributed by atoms with Gasteiger partial charge in [0.1, 0.15) is 0 Å². The fourth-order valence-electron chi connectivity index (χ4n) is 2.68. The second-order valence-corrected chi connectivity index (χ2v) is 6.25. The van der Waals surface area contributed by atoms with Crippen LogP contribution in [0.4, 0.5) is 0 Å². The van der Waals surface area contributed by atoms with E-state index in [2.05, 4.69) is 0 Å². The summed E-state index contributed by atoms with van der Waals surface area (Å²) in [5.41, 5.74) is 2.20. The Kier molecular flexibility index (Phi) is 3.69. The average molecular weight is 275 g/mol. The highest BCUT2D eigenvalue weighted by atomic mass is 16.3. The molecule has 1 fully saturated rings. The number of aryl methyl sites for hydroxylation is 2. The third-order valence-corrected chi connectivity index (χ3v) is 3.86. The van der Waals surface area contributed by atoms with Crippen LogP contribution in [0.15, 0.2) is 18.2 Å². The lowest BCUT2D eigenvalue weighted by Crippen LogP contribution is -2.36. The SMILES string of the molecule is Cc1ccc(C(O)CN2C(=O)CC(C)(C)C2=O)c(C)c1. The molecule has 1 aromatic rings. The lowest BCUT2D eigenvalue weighted by atomic mass is 9.92. The van der Waals surface area contributed by atoms with E-state index in [1.54, 1.807) is 13.8 Å². The molecule has 2 rings (SSSR count). The van der Waals surface area contributed by atoms with E-state index in [1.165, 1.54) is 4.90 Å². The van der Waals surface area contributed by atoms with Crippen LogP contribution in [0.1, 0.15) is 43.1 Å². The molecule has 0 aliphatic carbocycles. The highest BCUT2D eigenvalue weighted by molar-refractivity contribution is 6.05. The van der Waals surface area contributed by atoms with E-state index in [1.807, 2.05) is 32.0 Å². The van der Waals surface area contributed by atoms with Gasteiger partial charge in [-0.15, -0.1) is 0 Å². The molecule has 0 bridgehead atoms. The first-order valence-electron chi connectivity index (χ1n) is 6.82. The van der Waals surface area contributed by atoms with Crippen molar-refractivity contribution in [2.75, 3.05) is 6.54 Å². The van der Waals surface area contributed by atoms with E-state index in [9.17, 15) is 14.7 Å². The number of β-amino-alcohol motifs (C(OH)–C–C–N with tert-alkyl or cyclic N) is 1. The molecule has 0 radical (unpaired) electrons. The maximum atomic E-state index is 12.1. The first-order chi connectivity index (χ1) is 9.22. The van der Waals surface area contributed by atoms with E-state index < -0.39 is 11.5 Å². The molecule has 108 valence electrons. The number of benzene rings is 1. The summed E-state index contributed by atoms with van der Waals surface area (Å²) in [7, 11) is 0. The van der Waals surface area contributed by atoms with Crippen molar-refractivity contribution in [3.05, 3.63) is 34.9 Å². The monoisotopic (exact) mass is 275 g/mol. The van der Waals surface area contributed by atoms with Crippen LogP contribution in [0.3, 0.4) is 0 Å². The summed E-state index contributed by atoms with van der Waals surface area (Å²) >= 11 is 0. The van der Waals surface area contributed by atoms with Crippen LogP contribution in [0, 0.1) is 19.3 Å². The summed E-state index contributed by atoms with van der Waals surface area (Å²) in [5, 5.41) is 10.3. The van der Waals surface area contributed by atoms with Crippen molar-refractivity contribution >= 4 is 11.8 Å². The fraction of sp³-hybridized carbons (Fsp3) is 0.500. The number of carbonyl (C=O) groups is 2. The number of aliphatic hydroxyl groups excluding tert-OH is 1. The third-order valence-electron chi connectivity index (χ3n) is 3.86. The molecule has 0 saturated carbocycles. The van der Waals surface area contributed by atoms with Gasteiger partial charge in [0.25, 0.3) is 0 Å². The van der Waals surface area contributed by atoms with Gasteiger partial charge in [-0.05, 0) is 25.0 Å². The second-order valence-electron chi connectivity index (χ2n) is 6.25. The Bertz CT molecular complexity index is 563. The van der Waals surface area contributed by atoms with E-state index in [0.29, 0.717) is 0 Å². The molecule has 1 N–H and O–H groups in total. The number of rotatable bonds is 3. The molecule has 2 amide bonds. The van der Waals surface area contributed by atoms with Gasteiger partial charge in [0.15, 0.2) is 0 Å². The van der Waals surface area contributed by atoms with E-state index in [-0.39, 0.29) is 24.8 Å². The number of hydrogen-bond donors (Lipinski definition) is 1. The molecule has 4 heteroatoms. The number of likely N-dealkylation sites (tertiary alicyclic amines) is 1. The van der Waals surface area contributed by atoms with Crippen LogP contribution in [-0.2, 0) is 9.59 Å². The molecule has 1 aromatic carbocycles. The van der Waals surface area contributed by atoms with Crippen LogP contribution in [0.5, 0.6) is 0 Å². The van der Waals surface area contributed by atoms with Gasteiger partial charge < -0.3 is 5.11 Å². The minimum atomic E-state index is -0.836. The zero-order valence-electron chi connectivity index (χ0n) is 12.4. The van der Waals surface area contributed by atoms with Crippen LogP contribution >= 0.6 is 0 Å². The summed E-state index contributed by atoms with van der Waals surface area (Å²) < 4.78 is 0. The first-order valence-corrected chi connectivity index (χ1v) is 6.82. The van der Waals surface area contributed by atoms with Gasteiger partial charge in [-0.1, -0.05) is 37.6 Å². The summed E-state index contributed by atoms with van der Waals surface area (Å²) in [6.07, 6.45) is -0.622. The van der Waals surface area contributed by atoms with Crippen molar-refractivity contribution in [2.45, 2.75) is 40.2 Å². The van der Waals surface area contributed by atoms with Gasteiger partial charge in [-0.2, -0.15) is 0 Å². The minimum absolute atomic E-state index is 0.0327. The van der Waals surface area contributed by atoms with Crippen LogP contribution in [-0.4, -0.2) is 28.4 Å². The van der Waals surface area contributed by atoms with Crippen molar-refractivity contribution in [2.24, 2.45) is 5.41 Å². The quantitative estimate of drug-likeness (QED) is 0.860. The Balaban J connectivity index is 2.18. The number of hydrogen-bond acceptors (Lipinski definition) is 3. The Morgan fingerprint density at radius 3 is 2.45 bits per heavy atom. The predicted molar refractivity (Wildman–Crippen MR) is 76.0 cm³/mol. The second kappa shape index (κ2) is 5.02. The number of amides is 2. The van der Waals surface area contributed by atoms with Crippen molar-refractivity contribution < 1.29 is 14.7 Å². The summed E-state index contributed by atoms with van der Waals surface area (Å²) in [4.78, 5) is 25.2. The topological polar surface area (TPSA) is 57.6 Å². The molecule has 1 heterocycles. The van der Waals surface area contributed by atoms with E-state index >= 15 is 0 Å². The summed E-state index contributed by atoms with van der Waals surface area (Å²) in [6, 6.07) is 5.75. The molecular formula is C16H21NO3.